The molecule has 1 atom stereocenters. The van der Waals surface area contributed by atoms with Crippen LogP contribution in [0.4, 0.5) is 0 Å². The summed E-state index contributed by atoms with van der Waals surface area (Å²) in [6.45, 7) is 3.86. The van der Waals surface area contributed by atoms with E-state index in [9.17, 15) is 4.79 Å². The molecule has 0 spiro atoms. The number of hydrogen-bond acceptors (Lipinski definition) is 3. The Morgan fingerprint density at radius 2 is 2.17 bits per heavy atom. The topological polar surface area (TPSA) is 52.6 Å². The molecule has 0 radical (unpaired) electrons. The van der Waals surface area contributed by atoms with Crippen LogP contribution in [0.15, 0.2) is 0 Å². The van der Waals surface area contributed by atoms with Crippen LogP contribution in [0.3, 0.4) is 0 Å². The van der Waals surface area contributed by atoms with E-state index in [0.29, 0.717) is 19.0 Å². The normalized spacial score (nSPS) is 28.8. The van der Waals surface area contributed by atoms with Crippen LogP contribution in [-0.4, -0.2) is 47.2 Å². The summed E-state index contributed by atoms with van der Waals surface area (Å²) >= 11 is 0. The lowest BCUT2D eigenvalue weighted by Crippen LogP contribution is -2.61. The van der Waals surface area contributed by atoms with Gasteiger partial charge < -0.3 is 15.3 Å². The Labute approximate surface area is 110 Å². The van der Waals surface area contributed by atoms with Crippen molar-refractivity contribution in [1.29, 1.82) is 0 Å². The van der Waals surface area contributed by atoms with Gasteiger partial charge in [0.2, 0.25) is 5.91 Å². The van der Waals surface area contributed by atoms with E-state index in [1.54, 1.807) is 0 Å². The highest BCUT2D eigenvalue weighted by Gasteiger charge is 2.40. The van der Waals surface area contributed by atoms with Crippen LogP contribution < -0.4 is 5.32 Å². The average molecular weight is 254 g/mol. The summed E-state index contributed by atoms with van der Waals surface area (Å²) in [4.78, 5) is 14.8. The Morgan fingerprint density at radius 1 is 1.39 bits per heavy atom. The monoisotopic (exact) mass is 254 g/mol. The quantitative estimate of drug-likeness (QED) is 0.777. The molecule has 1 amide bonds. The third-order valence-electron chi connectivity index (χ3n) is 4.42. The summed E-state index contributed by atoms with van der Waals surface area (Å²) in [7, 11) is 0. The fraction of sp³-hybridized carbons (Fsp3) is 0.929. The third-order valence-corrected chi connectivity index (χ3v) is 4.42. The van der Waals surface area contributed by atoms with Crippen molar-refractivity contribution in [3.63, 3.8) is 0 Å². The molecule has 1 heterocycles. The molecule has 18 heavy (non-hydrogen) atoms. The number of amides is 1. The number of piperidine rings is 1. The van der Waals surface area contributed by atoms with Crippen molar-refractivity contribution >= 4 is 5.91 Å². The Morgan fingerprint density at radius 3 is 2.67 bits per heavy atom. The number of nitrogens with zero attached hydrogens (tertiary/aromatic N) is 1. The average Bonchev–Trinajstić information content (AvgIpc) is 2.32. The molecule has 1 saturated carbocycles. The second-order valence-electron chi connectivity index (χ2n) is 5.88. The molecule has 2 aliphatic rings. The molecule has 2 N–H and O–H groups in total. The first kappa shape index (κ1) is 13.8. The van der Waals surface area contributed by atoms with Crippen molar-refractivity contribution < 1.29 is 9.90 Å². The number of nitrogens with one attached hydrogen (secondary N) is 1. The smallest absolute Gasteiger partial charge is 0.242 e. The second-order valence-corrected chi connectivity index (χ2v) is 5.88. The molecule has 2 rings (SSSR count). The summed E-state index contributed by atoms with van der Waals surface area (Å²) < 4.78 is 0. The molecule has 104 valence electrons. The van der Waals surface area contributed by atoms with E-state index < -0.39 is 0 Å². The van der Waals surface area contributed by atoms with E-state index >= 15 is 0 Å². The molecule has 0 aromatic rings. The van der Waals surface area contributed by atoms with Gasteiger partial charge in [0, 0.05) is 19.2 Å². The van der Waals surface area contributed by atoms with Crippen molar-refractivity contribution in [3.05, 3.63) is 0 Å². The lowest BCUT2D eigenvalue weighted by Gasteiger charge is -2.44. The lowest BCUT2D eigenvalue weighted by molar-refractivity contribution is -0.143. The number of hydrogen-bond donors (Lipinski definition) is 2. The zero-order valence-corrected chi connectivity index (χ0v) is 11.5. The molecular weight excluding hydrogens is 228 g/mol. The highest BCUT2D eigenvalue weighted by atomic mass is 16.3. The van der Waals surface area contributed by atoms with Crippen LogP contribution in [0, 0.1) is 0 Å². The Balaban J connectivity index is 2.01. The molecule has 0 aromatic carbocycles. The number of aliphatic hydroxyl groups is 1. The molecule has 4 heteroatoms. The molecule has 1 aliphatic heterocycles. The van der Waals surface area contributed by atoms with Crippen LogP contribution in [0.25, 0.3) is 0 Å². The van der Waals surface area contributed by atoms with Crippen LogP contribution in [-0.2, 0) is 4.79 Å². The number of carbonyl (C=O) groups is 1. The standard InChI is InChI=1S/C14H26N2O2/c1-14(8-2-3-9-15-14)13(18)16(10-5-11-17)12-6-4-7-12/h12,15,17H,2-11H2,1H3. The fourth-order valence-corrected chi connectivity index (χ4v) is 2.95. The minimum atomic E-state index is -0.372. The van der Waals surface area contributed by atoms with Gasteiger partial charge in [-0.2, -0.15) is 0 Å². The summed E-state index contributed by atoms with van der Waals surface area (Å²) in [6, 6.07) is 0.421. The maximum atomic E-state index is 12.7. The Hall–Kier alpha value is -0.610. The SMILES string of the molecule is CC1(C(=O)N(CCCO)C2CCC2)CCCCN1. The Kier molecular flexibility index (Phi) is 4.62. The summed E-state index contributed by atoms with van der Waals surface area (Å²) in [5, 5.41) is 12.4. The first-order chi connectivity index (χ1) is 8.67. The number of aliphatic hydroxyl groups excluding tert-OH is 1. The maximum Gasteiger partial charge on any atom is 0.242 e. The third kappa shape index (κ3) is 2.86. The van der Waals surface area contributed by atoms with Crippen molar-refractivity contribution in [3.8, 4) is 0 Å². The Bertz CT molecular complexity index is 284. The van der Waals surface area contributed by atoms with Gasteiger partial charge >= 0.3 is 0 Å². The van der Waals surface area contributed by atoms with Crippen LogP contribution >= 0.6 is 0 Å². The number of carbonyl (C=O) groups excluding carboxylic acids is 1. The van der Waals surface area contributed by atoms with Gasteiger partial charge in [-0.15, -0.1) is 0 Å². The van der Waals surface area contributed by atoms with Gasteiger partial charge in [0.25, 0.3) is 0 Å². The number of rotatable bonds is 5. The zero-order chi connectivity index (χ0) is 13.0. The second kappa shape index (κ2) is 6.02. The van der Waals surface area contributed by atoms with Crippen molar-refractivity contribution in [2.24, 2.45) is 0 Å². The van der Waals surface area contributed by atoms with Crippen molar-refractivity contribution in [2.75, 3.05) is 19.7 Å². The largest absolute Gasteiger partial charge is 0.396 e. The van der Waals surface area contributed by atoms with Crippen LogP contribution in [0.5, 0.6) is 0 Å². The van der Waals surface area contributed by atoms with Gasteiger partial charge in [-0.05, 0) is 58.4 Å². The summed E-state index contributed by atoms with van der Waals surface area (Å²) in [5.41, 5.74) is -0.372. The fourth-order valence-electron chi connectivity index (χ4n) is 2.95. The minimum absolute atomic E-state index is 0.167. The van der Waals surface area contributed by atoms with Gasteiger partial charge in [0.15, 0.2) is 0 Å². The van der Waals surface area contributed by atoms with Gasteiger partial charge in [-0.1, -0.05) is 0 Å². The molecular formula is C14H26N2O2. The predicted octanol–water partition coefficient (Wildman–Crippen LogP) is 1.28. The molecule has 1 unspecified atom stereocenters. The van der Waals surface area contributed by atoms with Crippen LogP contribution in [0.2, 0.25) is 0 Å². The van der Waals surface area contributed by atoms with E-state index in [2.05, 4.69) is 5.32 Å². The van der Waals surface area contributed by atoms with Crippen molar-refractivity contribution in [1.82, 2.24) is 10.2 Å². The van der Waals surface area contributed by atoms with Gasteiger partial charge in [0.1, 0.15) is 0 Å². The molecule has 0 bridgehead atoms. The highest BCUT2D eigenvalue weighted by Crippen LogP contribution is 2.29. The summed E-state index contributed by atoms with van der Waals surface area (Å²) in [5.74, 6) is 0.250. The van der Waals surface area contributed by atoms with E-state index in [4.69, 9.17) is 5.11 Å². The van der Waals surface area contributed by atoms with Crippen LogP contribution in [0.1, 0.15) is 51.9 Å². The van der Waals surface area contributed by atoms with E-state index in [1.165, 1.54) is 12.8 Å². The van der Waals surface area contributed by atoms with E-state index in [0.717, 1.165) is 32.2 Å². The van der Waals surface area contributed by atoms with E-state index in [-0.39, 0.29) is 18.1 Å². The zero-order valence-electron chi connectivity index (χ0n) is 11.5. The molecule has 1 saturated heterocycles. The molecule has 0 aromatic heterocycles. The first-order valence-corrected chi connectivity index (χ1v) is 7.34. The maximum absolute atomic E-state index is 12.7. The first-order valence-electron chi connectivity index (χ1n) is 7.34. The van der Waals surface area contributed by atoms with Gasteiger partial charge in [0.05, 0.1) is 5.54 Å². The predicted molar refractivity (Wildman–Crippen MR) is 71.3 cm³/mol. The molecule has 2 fully saturated rings. The van der Waals surface area contributed by atoms with Gasteiger partial charge in [-0.25, -0.2) is 0 Å². The molecule has 4 nitrogen and oxygen atoms in total. The van der Waals surface area contributed by atoms with Crippen molar-refractivity contribution in [2.45, 2.75) is 63.5 Å². The lowest BCUT2D eigenvalue weighted by atomic mass is 9.85. The minimum Gasteiger partial charge on any atom is -0.396 e. The van der Waals surface area contributed by atoms with E-state index in [1.807, 2.05) is 11.8 Å². The summed E-state index contributed by atoms with van der Waals surface area (Å²) in [6.07, 6.45) is 7.43. The van der Waals surface area contributed by atoms with Gasteiger partial charge in [-0.3, -0.25) is 4.79 Å². The molecule has 1 aliphatic carbocycles. The highest BCUT2D eigenvalue weighted by molar-refractivity contribution is 5.86.